The predicted octanol–water partition coefficient (Wildman–Crippen LogP) is 1.90. The van der Waals surface area contributed by atoms with Crippen molar-refractivity contribution in [3.8, 4) is 0 Å². The van der Waals surface area contributed by atoms with Crippen LogP contribution < -0.4 is 5.32 Å². The van der Waals surface area contributed by atoms with Crippen LogP contribution in [-0.2, 0) is 10.0 Å². The van der Waals surface area contributed by atoms with Crippen molar-refractivity contribution < 1.29 is 12.8 Å². The van der Waals surface area contributed by atoms with Crippen LogP contribution in [0.15, 0.2) is 23.1 Å². The Balaban J connectivity index is 2.13. The van der Waals surface area contributed by atoms with Gasteiger partial charge in [-0.2, -0.15) is 4.31 Å². The highest BCUT2D eigenvalue weighted by Gasteiger charge is 2.25. The van der Waals surface area contributed by atoms with Crippen LogP contribution in [0.5, 0.6) is 0 Å². The largest absolute Gasteiger partial charge is 0.313 e. The lowest BCUT2D eigenvalue weighted by atomic mass is 10.1. The van der Waals surface area contributed by atoms with Crippen LogP contribution >= 0.6 is 0 Å². The minimum atomic E-state index is -3.62. The molecular formula is C14H21FN2O2S. The summed E-state index contributed by atoms with van der Waals surface area (Å²) in [5.74, 6) is -0.490. The number of piperidine rings is 1. The highest BCUT2D eigenvalue weighted by Crippen LogP contribution is 2.19. The molecule has 1 aromatic carbocycles. The number of hydrogen-bond donors (Lipinski definition) is 1. The molecule has 20 heavy (non-hydrogen) atoms. The molecule has 6 heteroatoms. The van der Waals surface area contributed by atoms with Gasteiger partial charge in [-0.15, -0.1) is 0 Å². The molecule has 1 heterocycles. The third-order valence-corrected chi connectivity index (χ3v) is 5.56. The van der Waals surface area contributed by atoms with Crippen LogP contribution in [0.25, 0.3) is 0 Å². The van der Waals surface area contributed by atoms with Gasteiger partial charge in [0.15, 0.2) is 0 Å². The van der Waals surface area contributed by atoms with E-state index in [4.69, 9.17) is 0 Å². The number of halogens is 1. The van der Waals surface area contributed by atoms with Crippen LogP contribution in [-0.4, -0.2) is 38.9 Å². The van der Waals surface area contributed by atoms with Crippen molar-refractivity contribution in [1.82, 2.24) is 9.62 Å². The summed E-state index contributed by atoms with van der Waals surface area (Å²) in [4.78, 5) is 0.0129. The maximum Gasteiger partial charge on any atom is 0.242 e. The zero-order chi connectivity index (χ0) is 14.8. The monoisotopic (exact) mass is 300 g/mol. The van der Waals surface area contributed by atoms with Gasteiger partial charge >= 0.3 is 0 Å². The van der Waals surface area contributed by atoms with E-state index in [0.717, 1.165) is 31.9 Å². The summed E-state index contributed by atoms with van der Waals surface area (Å²) in [6, 6.07) is 4.22. The maximum atomic E-state index is 13.5. The Hall–Kier alpha value is -0.980. The molecule has 0 amide bonds. The van der Waals surface area contributed by atoms with Gasteiger partial charge in [-0.25, -0.2) is 12.8 Å². The second-order valence-corrected chi connectivity index (χ2v) is 7.39. The topological polar surface area (TPSA) is 49.4 Å². The fraction of sp³-hybridized carbons (Fsp3) is 0.571. The second-order valence-electron chi connectivity index (χ2n) is 5.34. The number of rotatable bonds is 4. The van der Waals surface area contributed by atoms with E-state index in [9.17, 15) is 12.8 Å². The van der Waals surface area contributed by atoms with E-state index >= 15 is 0 Å². The van der Waals surface area contributed by atoms with E-state index in [0.29, 0.717) is 12.1 Å². The van der Waals surface area contributed by atoms with Crippen LogP contribution in [0, 0.1) is 12.7 Å². The van der Waals surface area contributed by atoms with E-state index < -0.39 is 15.8 Å². The first kappa shape index (κ1) is 15.4. The Morgan fingerprint density at radius 3 is 2.75 bits per heavy atom. The Morgan fingerprint density at radius 1 is 1.40 bits per heavy atom. The van der Waals surface area contributed by atoms with Gasteiger partial charge in [-0.3, -0.25) is 0 Å². The average molecular weight is 300 g/mol. The van der Waals surface area contributed by atoms with Crippen molar-refractivity contribution >= 4 is 10.0 Å². The van der Waals surface area contributed by atoms with Crippen molar-refractivity contribution in [3.63, 3.8) is 0 Å². The lowest BCUT2D eigenvalue weighted by Gasteiger charge is -2.27. The van der Waals surface area contributed by atoms with Crippen LogP contribution in [0.4, 0.5) is 4.39 Å². The molecule has 1 N–H and O–H groups in total. The first-order valence-corrected chi connectivity index (χ1v) is 8.31. The lowest BCUT2D eigenvalue weighted by molar-refractivity contribution is 0.337. The van der Waals surface area contributed by atoms with Crippen molar-refractivity contribution in [2.45, 2.75) is 37.1 Å². The van der Waals surface area contributed by atoms with Gasteiger partial charge in [0.1, 0.15) is 5.82 Å². The first-order valence-electron chi connectivity index (χ1n) is 6.87. The fourth-order valence-electron chi connectivity index (χ4n) is 2.40. The number of hydrogen-bond acceptors (Lipinski definition) is 3. The number of nitrogens with zero attached hydrogens (tertiary/aromatic N) is 1. The summed E-state index contributed by atoms with van der Waals surface area (Å²) < 4.78 is 39.6. The molecule has 0 aliphatic carbocycles. The van der Waals surface area contributed by atoms with Gasteiger partial charge in [-0.1, -0.05) is 12.5 Å². The second kappa shape index (κ2) is 6.20. The molecule has 0 radical (unpaired) electrons. The third kappa shape index (κ3) is 3.37. The Kier molecular flexibility index (Phi) is 4.78. The van der Waals surface area contributed by atoms with Crippen molar-refractivity contribution in [2.75, 3.05) is 20.1 Å². The molecule has 0 bridgehead atoms. The molecular weight excluding hydrogens is 279 g/mol. The smallest absolute Gasteiger partial charge is 0.242 e. The Morgan fingerprint density at radius 2 is 2.15 bits per heavy atom. The molecule has 0 aromatic heterocycles. The van der Waals surface area contributed by atoms with E-state index in [-0.39, 0.29) is 10.9 Å². The van der Waals surface area contributed by atoms with Crippen LogP contribution in [0.3, 0.4) is 0 Å². The lowest BCUT2D eigenvalue weighted by Crippen LogP contribution is -2.44. The zero-order valence-electron chi connectivity index (χ0n) is 11.9. The van der Waals surface area contributed by atoms with E-state index in [1.54, 1.807) is 14.0 Å². The molecule has 1 aliphatic heterocycles. The molecule has 0 saturated carbocycles. The third-order valence-electron chi connectivity index (χ3n) is 3.74. The summed E-state index contributed by atoms with van der Waals surface area (Å²) in [6.07, 6.45) is 3.23. The minimum absolute atomic E-state index is 0.0129. The van der Waals surface area contributed by atoms with Crippen LogP contribution in [0.1, 0.15) is 24.8 Å². The summed E-state index contributed by atoms with van der Waals surface area (Å²) >= 11 is 0. The molecule has 1 unspecified atom stereocenters. The number of benzene rings is 1. The number of sulfonamides is 1. The Labute approximate surface area is 120 Å². The molecule has 4 nitrogen and oxygen atoms in total. The Bertz CT molecular complexity index is 569. The first-order chi connectivity index (χ1) is 9.41. The molecule has 2 rings (SSSR count). The van der Waals surface area contributed by atoms with Crippen molar-refractivity contribution in [2.24, 2.45) is 0 Å². The highest BCUT2D eigenvalue weighted by molar-refractivity contribution is 7.89. The van der Waals surface area contributed by atoms with Crippen molar-refractivity contribution in [1.29, 1.82) is 0 Å². The molecule has 0 spiro atoms. The predicted molar refractivity (Wildman–Crippen MR) is 76.6 cm³/mol. The van der Waals surface area contributed by atoms with Gasteiger partial charge in [0.2, 0.25) is 10.0 Å². The number of nitrogens with one attached hydrogen (secondary N) is 1. The van der Waals surface area contributed by atoms with E-state index in [1.807, 2.05) is 0 Å². The summed E-state index contributed by atoms with van der Waals surface area (Å²) in [6.45, 7) is 2.96. The van der Waals surface area contributed by atoms with Gasteiger partial charge in [0, 0.05) is 19.6 Å². The number of likely N-dealkylation sites (N-methyl/N-ethyl adjacent to an activating group) is 1. The maximum absolute atomic E-state index is 13.5. The standard InChI is InChI=1S/C14H21FN2O2S/c1-11-6-7-13(9-14(11)15)20(18,19)17(2)10-12-5-3-4-8-16-12/h6-7,9,12,16H,3-5,8,10H2,1-2H3. The van der Waals surface area contributed by atoms with Crippen LogP contribution in [0.2, 0.25) is 0 Å². The molecule has 1 aromatic rings. The van der Waals surface area contributed by atoms with E-state index in [1.165, 1.54) is 16.4 Å². The quantitative estimate of drug-likeness (QED) is 0.924. The normalized spacial score (nSPS) is 20.3. The van der Waals surface area contributed by atoms with Crippen molar-refractivity contribution in [3.05, 3.63) is 29.6 Å². The van der Waals surface area contributed by atoms with Gasteiger partial charge in [-0.05, 0) is 44.0 Å². The molecule has 1 atom stereocenters. The summed E-state index contributed by atoms with van der Waals surface area (Å²) in [7, 11) is -2.08. The van der Waals surface area contributed by atoms with Gasteiger partial charge < -0.3 is 5.32 Å². The van der Waals surface area contributed by atoms with Gasteiger partial charge in [0.25, 0.3) is 0 Å². The minimum Gasteiger partial charge on any atom is -0.313 e. The average Bonchev–Trinajstić information content (AvgIpc) is 2.42. The molecule has 1 aliphatic rings. The molecule has 1 fully saturated rings. The highest BCUT2D eigenvalue weighted by atomic mass is 32.2. The summed E-state index contributed by atoms with van der Waals surface area (Å²) in [5, 5.41) is 3.31. The SMILES string of the molecule is Cc1ccc(S(=O)(=O)N(C)CC2CCCCN2)cc1F. The molecule has 1 saturated heterocycles. The summed E-state index contributed by atoms with van der Waals surface area (Å²) in [5.41, 5.74) is 0.445. The van der Waals surface area contributed by atoms with Gasteiger partial charge in [0.05, 0.1) is 4.90 Å². The molecule has 112 valence electrons. The number of aryl methyl sites for hydroxylation is 1. The van der Waals surface area contributed by atoms with E-state index in [2.05, 4.69) is 5.32 Å². The fourth-order valence-corrected chi connectivity index (χ4v) is 3.63. The zero-order valence-corrected chi connectivity index (χ0v) is 12.7.